The molecular weight excluding hydrogens is 234 g/mol. The lowest BCUT2D eigenvalue weighted by atomic mass is 10.2. The summed E-state index contributed by atoms with van der Waals surface area (Å²) >= 11 is 6.07. The summed E-state index contributed by atoms with van der Waals surface area (Å²) in [5.74, 6) is 0. The topological polar surface area (TPSA) is 50.8 Å². The van der Waals surface area contributed by atoms with Gasteiger partial charge in [-0.05, 0) is 24.6 Å². The molecule has 0 atom stereocenters. The Hall–Kier alpha value is -1.71. The molecule has 0 radical (unpaired) electrons. The molecule has 17 heavy (non-hydrogen) atoms. The lowest BCUT2D eigenvalue weighted by Gasteiger charge is -2.23. The zero-order valence-electron chi connectivity index (χ0n) is 9.78. The van der Waals surface area contributed by atoms with Crippen LogP contribution in [0.4, 0.5) is 5.69 Å². The van der Waals surface area contributed by atoms with Crippen LogP contribution in [0.3, 0.4) is 0 Å². The zero-order valence-corrected chi connectivity index (χ0v) is 10.5. The second kappa shape index (κ2) is 6.78. The van der Waals surface area contributed by atoms with E-state index in [1.807, 2.05) is 30.0 Å². The third-order valence-corrected chi connectivity index (χ3v) is 2.91. The molecule has 4 heteroatoms. The highest BCUT2D eigenvalue weighted by molar-refractivity contribution is 6.31. The Labute approximate surface area is 107 Å². The first-order valence-electron chi connectivity index (χ1n) is 5.44. The second-order valence-electron chi connectivity index (χ2n) is 3.74. The van der Waals surface area contributed by atoms with E-state index in [0.29, 0.717) is 31.0 Å². The summed E-state index contributed by atoms with van der Waals surface area (Å²) in [5, 5.41) is 17.9. The first-order valence-corrected chi connectivity index (χ1v) is 5.82. The van der Waals surface area contributed by atoms with Crippen molar-refractivity contribution in [1.82, 2.24) is 0 Å². The van der Waals surface area contributed by atoms with Crippen LogP contribution in [0.1, 0.15) is 18.4 Å². The van der Waals surface area contributed by atoms with Crippen LogP contribution in [0, 0.1) is 29.6 Å². The minimum absolute atomic E-state index is 0.441. The van der Waals surface area contributed by atoms with Crippen molar-refractivity contribution in [2.75, 3.05) is 18.0 Å². The number of hydrogen-bond acceptors (Lipinski definition) is 3. The molecule has 0 heterocycles. The molecule has 0 aliphatic carbocycles. The van der Waals surface area contributed by atoms with Crippen LogP contribution in [0.15, 0.2) is 18.2 Å². The molecule has 0 N–H and O–H groups in total. The summed E-state index contributed by atoms with van der Waals surface area (Å²) in [5.41, 5.74) is 1.99. The highest BCUT2D eigenvalue weighted by atomic mass is 35.5. The molecule has 0 saturated heterocycles. The van der Waals surface area contributed by atoms with Crippen molar-refractivity contribution in [1.29, 1.82) is 10.5 Å². The van der Waals surface area contributed by atoms with E-state index in [1.54, 1.807) is 0 Å². The van der Waals surface area contributed by atoms with Gasteiger partial charge in [0.1, 0.15) is 0 Å². The lowest BCUT2D eigenvalue weighted by Crippen LogP contribution is -2.25. The average molecular weight is 248 g/mol. The molecule has 0 unspecified atom stereocenters. The largest absolute Gasteiger partial charge is 0.369 e. The van der Waals surface area contributed by atoms with Crippen LogP contribution in [0.25, 0.3) is 0 Å². The first kappa shape index (κ1) is 13.4. The van der Waals surface area contributed by atoms with Gasteiger partial charge in [0.2, 0.25) is 0 Å². The van der Waals surface area contributed by atoms with E-state index in [0.717, 1.165) is 11.3 Å². The molecule has 0 aromatic heterocycles. The van der Waals surface area contributed by atoms with Crippen LogP contribution in [-0.2, 0) is 0 Å². The maximum atomic E-state index is 8.62. The van der Waals surface area contributed by atoms with Gasteiger partial charge in [0.05, 0.1) is 25.0 Å². The minimum atomic E-state index is 0.441. The van der Waals surface area contributed by atoms with E-state index < -0.39 is 0 Å². The molecule has 0 aliphatic heterocycles. The number of anilines is 1. The second-order valence-corrected chi connectivity index (χ2v) is 4.14. The Bertz CT molecular complexity index is 439. The summed E-state index contributed by atoms with van der Waals surface area (Å²) in [7, 11) is 0. The predicted octanol–water partition coefficient (Wildman–Crippen LogP) is 3.28. The molecular formula is C13H14ClN3. The Morgan fingerprint density at radius 1 is 1.18 bits per heavy atom. The van der Waals surface area contributed by atoms with Crippen molar-refractivity contribution in [3.8, 4) is 12.1 Å². The van der Waals surface area contributed by atoms with Gasteiger partial charge in [-0.3, -0.25) is 0 Å². The minimum Gasteiger partial charge on any atom is -0.369 e. The van der Waals surface area contributed by atoms with Crippen LogP contribution in [-0.4, -0.2) is 13.1 Å². The molecule has 0 bridgehead atoms. The van der Waals surface area contributed by atoms with E-state index in [2.05, 4.69) is 12.1 Å². The van der Waals surface area contributed by atoms with E-state index in [1.165, 1.54) is 0 Å². The quantitative estimate of drug-likeness (QED) is 0.802. The zero-order chi connectivity index (χ0) is 12.7. The van der Waals surface area contributed by atoms with Gasteiger partial charge in [0.25, 0.3) is 0 Å². The van der Waals surface area contributed by atoms with Crippen LogP contribution in [0.2, 0.25) is 5.02 Å². The standard InChI is InChI=1S/C13H14ClN3/c1-11-4-5-12(10-13(11)14)17(8-2-6-15)9-3-7-16/h4-5,10H,2-3,8-9H2,1H3. The van der Waals surface area contributed by atoms with Crippen molar-refractivity contribution >= 4 is 17.3 Å². The maximum absolute atomic E-state index is 8.62. The Kier molecular flexibility index (Phi) is 5.33. The normalized spacial score (nSPS) is 9.41. The SMILES string of the molecule is Cc1ccc(N(CCC#N)CCC#N)cc1Cl. The van der Waals surface area contributed by atoms with E-state index in [4.69, 9.17) is 22.1 Å². The summed E-state index contributed by atoms with van der Waals surface area (Å²) < 4.78 is 0. The Morgan fingerprint density at radius 3 is 2.24 bits per heavy atom. The average Bonchev–Trinajstić information content (AvgIpc) is 2.33. The molecule has 0 fully saturated rings. The van der Waals surface area contributed by atoms with Gasteiger partial charge in [-0.1, -0.05) is 17.7 Å². The summed E-state index contributed by atoms with van der Waals surface area (Å²) in [4.78, 5) is 2.01. The van der Waals surface area contributed by atoms with Crippen LogP contribution < -0.4 is 4.90 Å². The number of aryl methyl sites for hydroxylation is 1. The van der Waals surface area contributed by atoms with Gasteiger partial charge in [0.15, 0.2) is 0 Å². The molecule has 1 aromatic carbocycles. The maximum Gasteiger partial charge on any atom is 0.0640 e. The number of nitrogens with zero attached hydrogens (tertiary/aromatic N) is 3. The first-order chi connectivity index (χ1) is 8.19. The molecule has 88 valence electrons. The highest BCUT2D eigenvalue weighted by Gasteiger charge is 2.07. The number of hydrogen-bond donors (Lipinski definition) is 0. The Balaban J connectivity index is 2.84. The van der Waals surface area contributed by atoms with E-state index in [-0.39, 0.29) is 0 Å². The van der Waals surface area contributed by atoms with Gasteiger partial charge in [0, 0.05) is 23.8 Å². The van der Waals surface area contributed by atoms with Gasteiger partial charge in [-0.25, -0.2) is 0 Å². The molecule has 1 rings (SSSR count). The molecule has 0 aliphatic rings. The van der Waals surface area contributed by atoms with Crippen LogP contribution in [0.5, 0.6) is 0 Å². The summed E-state index contributed by atoms with van der Waals surface area (Å²) in [6.45, 7) is 3.19. The molecule has 0 amide bonds. The van der Waals surface area contributed by atoms with Crippen molar-refractivity contribution < 1.29 is 0 Å². The van der Waals surface area contributed by atoms with Gasteiger partial charge >= 0.3 is 0 Å². The lowest BCUT2D eigenvalue weighted by molar-refractivity contribution is 0.796. The molecule has 0 spiro atoms. The van der Waals surface area contributed by atoms with Crippen LogP contribution >= 0.6 is 11.6 Å². The van der Waals surface area contributed by atoms with Gasteiger partial charge in [-0.2, -0.15) is 10.5 Å². The molecule has 1 aromatic rings. The number of nitriles is 2. The summed E-state index contributed by atoms with van der Waals surface area (Å²) in [6.07, 6.45) is 0.883. The summed E-state index contributed by atoms with van der Waals surface area (Å²) in [6, 6.07) is 10.0. The number of benzene rings is 1. The van der Waals surface area contributed by atoms with Crippen molar-refractivity contribution in [2.45, 2.75) is 19.8 Å². The van der Waals surface area contributed by atoms with Gasteiger partial charge < -0.3 is 4.90 Å². The molecule has 0 saturated carbocycles. The monoisotopic (exact) mass is 247 g/mol. The van der Waals surface area contributed by atoms with E-state index >= 15 is 0 Å². The fraction of sp³-hybridized carbons (Fsp3) is 0.385. The van der Waals surface area contributed by atoms with E-state index in [9.17, 15) is 0 Å². The third kappa shape index (κ3) is 3.98. The molecule has 3 nitrogen and oxygen atoms in total. The van der Waals surface area contributed by atoms with Gasteiger partial charge in [-0.15, -0.1) is 0 Å². The smallest absolute Gasteiger partial charge is 0.0640 e. The third-order valence-electron chi connectivity index (χ3n) is 2.51. The fourth-order valence-electron chi connectivity index (χ4n) is 1.52. The predicted molar refractivity (Wildman–Crippen MR) is 68.9 cm³/mol. The Morgan fingerprint density at radius 2 is 1.76 bits per heavy atom. The number of halogens is 1. The van der Waals surface area contributed by atoms with Crippen molar-refractivity contribution in [2.24, 2.45) is 0 Å². The number of rotatable bonds is 5. The van der Waals surface area contributed by atoms with Crippen molar-refractivity contribution in [3.05, 3.63) is 28.8 Å². The fourth-order valence-corrected chi connectivity index (χ4v) is 1.69. The highest BCUT2D eigenvalue weighted by Crippen LogP contribution is 2.23. The van der Waals surface area contributed by atoms with Crippen molar-refractivity contribution in [3.63, 3.8) is 0 Å².